The lowest BCUT2D eigenvalue weighted by molar-refractivity contribution is 0.568. The van der Waals surface area contributed by atoms with Crippen LogP contribution in [-0.2, 0) is 25.9 Å². The van der Waals surface area contributed by atoms with Crippen molar-refractivity contribution < 1.29 is 0 Å². The van der Waals surface area contributed by atoms with Gasteiger partial charge in [0.1, 0.15) is 5.52 Å². The Morgan fingerprint density at radius 2 is 1.29 bits per heavy atom. The van der Waals surface area contributed by atoms with Gasteiger partial charge in [0, 0.05) is 24.8 Å². The van der Waals surface area contributed by atoms with Crippen LogP contribution in [0.1, 0.15) is 11.1 Å². The molecule has 0 fully saturated rings. The van der Waals surface area contributed by atoms with Crippen LogP contribution in [0.4, 0.5) is 0 Å². The maximum absolute atomic E-state index is 13.7. The van der Waals surface area contributed by atoms with E-state index in [0.29, 0.717) is 37.0 Å². The second-order valence-electron chi connectivity index (χ2n) is 9.31. The molecule has 0 aliphatic heterocycles. The molecule has 0 aliphatic carbocycles. The lowest BCUT2D eigenvalue weighted by Crippen LogP contribution is -2.40. The SMILES string of the molecule is O=c1c2[nH]c(-c3cnn(-c4ccccc4)c3)cc2n(CCc2ccccc2)c(=O)n1CCc1ccccc1. The molecule has 7 nitrogen and oxygen atoms in total. The smallest absolute Gasteiger partial charge is 0.331 e. The zero-order valence-electron chi connectivity index (χ0n) is 20.8. The van der Waals surface area contributed by atoms with Gasteiger partial charge >= 0.3 is 5.69 Å². The van der Waals surface area contributed by atoms with Crippen LogP contribution in [-0.4, -0.2) is 23.9 Å². The number of nitrogens with zero attached hydrogens (tertiary/aromatic N) is 4. The van der Waals surface area contributed by atoms with Gasteiger partial charge in [0.25, 0.3) is 5.56 Å². The van der Waals surface area contributed by atoms with E-state index < -0.39 is 0 Å². The summed E-state index contributed by atoms with van der Waals surface area (Å²) in [7, 11) is 0. The van der Waals surface area contributed by atoms with E-state index in [0.717, 1.165) is 28.1 Å². The Hall–Kier alpha value is -4.91. The van der Waals surface area contributed by atoms with Crippen molar-refractivity contribution in [2.75, 3.05) is 0 Å². The maximum Gasteiger partial charge on any atom is 0.331 e. The van der Waals surface area contributed by atoms with Gasteiger partial charge in [0.05, 0.1) is 23.1 Å². The van der Waals surface area contributed by atoms with Crippen molar-refractivity contribution >= 4 is 11.0 Å². The fourth-order valence-electron chi connectivity index (χ4n) is 4.81. The van der Waals surface area contributed by atoms with E-state index in [9.17, 15) is 9.59 Å². The largest absolute Gasteiger partial charge is 0.349 e. The zero-order chi connectivity index (χ0) is 25.9. The second kappa shape index (κ2) is 10.2. The first-order valence-corrected chi connectivity index (χ1v) is 12.7. The fraction of sp³-hybridized carbons (Fsp3) is 0.129. The topological polar surface area (TPSA) is 77.6 Å². The number of hydrogen-bond acceptors (Lipinski definition) is 3. The number of nitrogens with one attached hydrogen (secondary N) is 1. The highest BCUT2D eigenvalue weighted by atomic mass is 16.2. The molecule has 188 valence electrons. The molecule has 0 radical (unpaired) electrons. The van der Waals surface area contributed by atoms with E-state index in [1.165, 1.54) is 4.57 Å². The van der Waals surface area contributed by atoms with E-state index >= 15 is 0 Å². The molecule has 3 heterocycles. The molecule has 0 saturated carbocycles. The molecule has 0 unspecified atom stereocenters. The third-order valence-electron chi connectivity index (χ3n) is 6.86. The number of aromatic amines is 1. The Morgan fingerprint density at radius 3 is 1.92 bits per heavy atom. The highest BCUT2D eigenvalue weighted by Gasteiger charge is 2.17. The van der Waals surface area contributed by atoms with E-state index in [4.69, 9.17) is 0 Å². The van der Waals surface area contributed by atoms with Crippen molar-refractivity contribution in [3.05, 3.63) is 141 Å². The third kappa shape index (κ3) is 4.62. The quantitative estimate of drug-likeness (QED) is 0.325. The van der Waals surface area contributed by atoms with Crippen molar-refractivity contribution in [1.82, 2.24) is 23.9 Å². The van der Waals surface area contributed by atoms with Gasteiger partial charge in [-0.25, -0.2) is 9.48 Å². The van der Waals surface area contributed by atoms with Gasteiger partial charge in [-0.2, -0.15) is 5.10 Å². The molecule has 0 spiro atoms. The summed E-state index contributed by atoms with van der Waals surface area (Å²) >= 11 is 0. The average Bonchev–Trinajstić information content (AvgIpc) is 3.63. The van der Waals surface area contributed by atoms with E-state index in [1.807, 2.05) is 103 Å². The minimum Gasteiger partial charge on any atom is -0.349 e. The highest BCUT2D eigenvalue weighted by Crippen LogP contribution is 2.23. The lowest BCUT2D eigenvalue weighted by atomic mass is 10.1. The number of fused-ring (bicyclic) bond motifs is 1. The molecule has 1 N–H and O–H groups in total. The Labute approximate surface area is 219 Å². The minimum absolute atomic E-state index is 0.292. The monoisotopic (exact) mass is 501 g/mol. The fourth-order valence-corrected chi connectivity index (χ4v) is 4.81. The Morgan fingerprint density at radius 1 is 0.711 bits per heavy atom. The number of hydrogen-bond donors (Lipinski definition) is 1. The van der Waals surface area contributed by atoms with Crippen LogP contribution < -0.4 is 11.2 Å². The van der Waals surface area contributed by atoms with Crippen LogP contribution in [0, 0.1) is 0 Å². The number of aromatic nitrogens is 5. The molecule has 0 aliphatic rings. The van der Waals surface area contributed by atoms with Crippen LogP contribution >= 0.6 is 0 Å². The Balaban J connectivity index is 1.42. The molecule has 3 aromatic heterocycles. The normalized spacial score (nSPS) is 11.3. The summed E-state index contributed by atoms with van der Waals surface area (Å²) in [5, 5.41) is 4.50. The molecule has 6 rings (SSSR count). The number of rotatable bonds is 8. The number of H-pyrrole nitrogens is 1. The molecule has 3 aromatic carbocycles. The van der Waals surface area contributed by atoms with Gasteiger partial charge in [-0.3, -0.25) is 13.9 Å². The molecule has 7 heteroatoms. The number of benzene rings is 3. The second-order valence-corrected chi connectivity index (χ2v) is 9.31. The van der Waals surface area contributed by atoms with Gasteiger partial charge in [-0.1, -0.05) is 78.9 Å². The molecule has 0 bridgehead atoms. The van der Waals surface area contributed by atoms with Crippen LogP contribution in [0.2, 0.25) is 0 Å². The van der Waals surface area contributed by atoms with E-state index in [-0.39, 0.29) is 11.2 Å². The van der Waals surface area contributed by atoms with Crippen LogP contribution in [0.25, 0.3) is 28.0 Å². The molecule has 38 heavy (non-hydrogen) atoms. The summed E-state index contributed by atoms with van der Waals surface area (Å²) in [5.74, 6) is 0. The molecular weight excluding hydrogens is 474 g/mol. The molecule has 6 aromatic rings. The standard InChI is InChI=1S/C31H27N5O2/c37-30-29-28(20-27(33-29)25-21-32-36(22-25)26-14-8-3-9-15-26)34(18-16-23-10-4-1-5-11-23)31(38)35(30)19-17-24-12-6-2-7-13-24/h1-15,20-22,33H,16-19H2. The van der Waals surface area contributed by atoms with Gasteiger partial charge in [-0.15, -0.1) is 0 Å². The molecule has 0 amide bonds. The first kappa shape index (κ1) is 23.5. The van der Waals surface area contributed by atoms with Crippen LogP contribution in [0.5, 0.6) is 0 Å². The summed E-state index contributed by atoms with van der Waals surface area (Å²) in [6.45, 7) is 0.773. The summed E-state index contributed by atoms with van der Waals surface area (Å²) in [5.41, 5.74) is 5.17. The van der Waals surface area contributed by atoms with Crippen LogP contribution in [0.3, 0.4) is 0 Å². The number of para-hydroxylation sites is 1. The number of aryl methyl sites for hydroxylation is 3. The minimum atomic E-state index is -0.307. The van der Waals surface area contributed by atoms with Crippen molar-refractivity contribution in [1.29, 1.82) is 0 Å². The third-order valence-corrected chi connectivity index (χ3v) is 6.86. The van der Waals surface area contributed by atoms with Crippen molar-refractivity contribution in [3.8, 4) is 16.9 Å². The summed E-state index contributed by atoms with van der Waals surface area (Å²) in [6, 6.07) is 31.7. The summed E-state index contributed by atoms with van der Waals surface area (Å²) in [6.07, 6.45) is 4.95. The first-order valence-electron chi connectivity index (χ1n) is 12.7. The first-order chi connectivity index (χ1) is 18.7. The Kier molecular flexibility index (Phi) is 6.32. The van der Waals surface area contributed by atoms with Crippen LogP contribution in [0.15, 0.2) is 119 Å². The van der Waals surface area contributed by atoms with E-state index in [2.05, 4.69) is 10.1 Å². The average molecular weight is 502 g/mol. The predicted octanol–water partition coefficient (Wildman–Crippen LogP) is 4.83. The summed E-state index contributed by atoms with van der Waals surface area (Å²) in [4.78, 5) is 30.5. The molecular formula is C31H27N5O2. The summed E-state index contributed by atoms with van der Waals surface area (Å²) < 4.78 is 4.87. The zero-order valence-corrected chi connectivity index (χ0v) is 20.8. The Bertz CT molecular complexity index is 1800. The predicted molar refractivity (Wildman–Crippen MR) is 150 cm³/mol. The van der Waals surface area contributed by atoms with Gasteiger partial charge in [0.15, 0.2) is 0 Å². The highest BCUT2D eigenvalue weighted by molar-refractivity contribution is 5.82. The van der Waals surface area contributed by atoms with Gasteiger partial charge < -0.3 is 4.98 Å². The van der Waals surface area contributed by atoms with E-state index in [1.54, 1.807) is 15.4 Å². The maximum atomic E-state index is 13.7. The van der Waals surface area contributed by atoms with Crippen molar-refractivity contribution in [2.45, 2.75) is 25.9 Å². The van der Waals surface area contributed by atoms with Crippen molar-refractivity contribution in [2.24, 2.45) is 0 Å². The molecule has 0 saturated heterocycles. The lowest BCUT2D eigenvalue weighted by Gasteiger charge is -2.12. The molecule has 0 atom stereocenters. The van der Waals surface area contributed by atoms with Crippen molar-refractivity contribution in [3.63, 3.8) is 0 Å². The van der Waals surface area contributed by atoms with Gasteiger partial charge in [0.2, 0.25) is 0 Å². The van der Waals surface area contributed by atoms with Gasteiger partial charge in [-0.05, 0) is 42.2 Å².